The van der Waals surface area contributed by atoms with E-state index in [0.29, 0.717) is 19.4 Å². The summed E-state index contributed by atoms with van der Waals surface area (Å²) in [6, 6.07) is -3.75. The van der Waals surface area contributed by atoms with E-state index in [2.05, 4.69) is 16.0 Å². The van der Waals surface area contributed by atoms with Crippen LogP contribution >= 0.6 is 0 Å². The summed E-state index contributed by atoms with van der Waals surface area (Å²) >= 11 is 0. The molecule has 182 valence electrons. The average molecular weight is 457 g/mol. The number of likely N-dealkylation sites (tertiary alicyclic amines) is 1. The van der Waals surface area contributed by atoms with Crippen molar-refractivity contribution in [1.29, 1.82) is 0 Å². The summed E-state index contributed by atoms with van der Waals surface area (Å²) in [5, 5.41) is 16.7. The van der Waals surface area contributed by atoms with E-state index in [1.54, 1.807) is 34.6 Å². The number of aliphatic carboxylic acids is 1. The largest absolute Gasteiger partial charge is 0.480 e. The minimum absolute atomic E-state index is 0.320. The van der Waals surface area contributed by atoms with Crippen molar-refractivity contribution in [2.45, 2.75) is 91.1 Å². The van der Waals surface area contributed by atoms with Gasteiger partial charge in [-0.3, -0.25) is 14.4 Å². The van der Waals surface area contributed by atoms with Gasteiger partial charge in [-0.15, -0.1) is 0 Å². The van der Waals surface area contributed by atoms with E-state index in [-0.39, 0.29) is 5.92 Å². The molecule has 1 aliphatic rings. The topological polar surface area (TPSA) is 154 Å². The Morgan fingerprint density at radius 1 is 0.969 bits per heavy atom. The number of amides is 4. The molecule has 0 radical (unpaired) electrons. The number of carboxylic acids is 1. The van der Waals surface area contributed by atoms with E-state index >= 15 is 0 Å². The van der Waals surface area contributed by atoms with Gasteiger partial charge in [0, 0.05) is 6.54 Å². The van der Waals surface area contributed by atoms with Crippen LogP contribution in [0.25, 0.3) is 0 Å². The molecule has 0 unspecified atom stereocenters. The number of carbonyl (C=O) groups excluding carboxylic acids is 4. The van der Waals surface area contributed by atoms with Gasteiger partial charge in [0.05, 0.1) is 0 Å². The summed E-state index contributed by atoms with van der Waals surface area (Å²) in [7, 11) is 0. The Balaban J connectivity index is 2.71. The fourth-order valence-corrected chi connectivity index (χ4v) is 3.26. The Kier molecular flexibility index (Phi) is 9.47. The maximum absolute atomic E-state index is 12.9. The van der Waals surface area contributed by atoms with Crippen LogP contribution in [-0.4, -0.2) is 76.1 Å². The first kappa shape index (κ1) is 27.2. The summed E-state index contributed by atoms with van der Waals surface area (Å²) in [4.78, 5) is 62.5. The third kappa shape index (κ3) is 8.01. The van der Waals surface area contributed by atoms with Gasteiger partial charge in [-0.2, -0.15) is 0 Å². The predicted molar refractivity (Wildman–Crippen MR) is 116 cm³/mol. The molecule has 0 spiro atoms. The van der Waals surface area contributed by atoms with Gasteiger partial charge in [0.2, 0.25) is 17.7 Å². The highest BCUT2D eigenvalue weighted by Gasteiger charge is 2.38. The first-order chi connectivity index (χ1) is 14.6. The summed E-state index contributed by atoms with van der Waals surface area (Å²) < 4.78 is 5.11. The van der Waals surface area contributed by atoms with E-state index in [1.165, 1.54) is 18.7 Å². The van der Waals surface area contributed by atoms with Crippen molar-refractivity contribution < 1.29 is 33.8 Å². The standard InChI is InChI=1S/C21H36N4O7/c1-11(2)15(19(29)30)24-17(27)14-9-8-10-25(14)18(28)13(4)22-16(26)12(3)23-20(31)32-21(5,6)7/h11-15H,8-10H2,1-7H3,(H,22,26)(H,23,31)(H,24,27)(H,29,30)/t12-,13-,14+,15-/m0/s1. The highest BCUT2D eigenvalue weighted by Crippen LogP contribution is 2.19. The first-order valence-electron chi connectivity index (χ1n) is 10.8. The summed E-state index contributed by atoms with van der Waals surface area (Å²) in [5.41, 5.74) is -0.718. The van der Waals surface area contributed by atoms with E-state index in [0.717, 1.165) is 0 Å². The quantitative estimate of drug-likeness (QED) is 0.417. The lowest BCUT2D eigenvalue weighted by Crippen LogP contribution is -2.57. The SMILES string of the molecule is CC(C)[C@H](NC(=O)[C@H]1CCCN1C(=O)[C@H](C)NC(=O)[C@H](C)NC(=O)OC(C)(C)C)C(=O)O. The molecular weight excluding hydrogens is 420 g/mol. The number of nitrogens with one attached hydrogen (secondary N) is 3. The summed E-state index contributed by atoms with van der Waals surface area (Å²) in [6.07, 6.45) is 0.230. The molecule has 1 rings (SSSR count). The number of ether oxygens (including phenoxy) is 1. The van der Waals surface area contributed by atoms with Crippen LogP contribution in [0.2, 0.25) is 0 Å². The third-order valence-electron chi connectivity index (χ3n) is 4.92. The smallest absolute Gasteiger partial charge is 0.408 e. The maximum atomic E-state index is 12.9. The normalized spacial score (nSPS) is 19.0. The molecule has 0 aromatic rings. The molecule has 1 fully saturated rings. The van der Waals surface area contributed by atoms with Gasteiger partial charge in [-0.25, -0.2) is 9.59 Å². The van der Waals surface area contributed by atoms with Gasteiger partial charge in [0.1, 0.15) is 29.8 Å². The monoisotopic (exact) mass is 456 g/mol. The van der Waals surface area contributed by atoms with Crippen molar-refractivity contribution in [3.63, 3.8) is 0 Å². The number of carbonyl (C=O) groups is 5. The number of alkyl carbamates (subject to hydrolysis) is 1. The van der Waals surface area contributed by atoms with Gasteiger partial charge in [0.25, 0.3) is 0 Å². The van der Waals surface area contributed by atoms with Crippen molar-refractivity contribution in [3.8, 4) is 0 Å². The minimum atomic E-state index is -1.14. The Labute approximate surface area is 188 Å². The Morgan fingerprint density at radius 2 is 1.56 bits per heavy atom. The van der Waals surface area contributed by atoms with Crippen LogP contribution < -0.4 is 16.0 Å². The number of rotatable bonds is 8. The maximum Gasteiger partial charge on any atom is 0.408 e. The zero-order chi connectivity index (χ0) is 24.8. The third-order valence-corrected chi connectivity index (χ3v) is 4.92. The van der Waals surface area contributed by atoms with Gasteiger partial charge in [-0.1, -0.05) is 13.8 Å². The van der Waals surface area contributed by atoms with Crippen molar-refractivity contribution in [2.24, 2.45) is 5.92 Å². The van der Waals surface area contributed by atoms with E-state index in [1.807, 2.05) is 0 Å². The van der Waals surface area contributed by atoms with Crippen molar-refractivity contribution in [3.05, 3.63) is 0 Å². The van der Waals surface area contributed by atoms with E-state index < -0.39 is 59.6 Å². The van der Waals surface area contributed by atoms with Crippen LogP contribution in [0.3, 0.4) is 0 Å². The molecule has 0 aromatic heterocycles. The number of hydrogen-bond donors (Lipinski definition) is 4. The molecule has 4 N–H and O–H groups in total. The molecular formula is C21H36N4O7. The summed E-state index contributed by atoms with van der Waals surface area (Å²) in [5.74, 6) is -3.04. The van der Waals surface area contributed by atoms with Gasteiger partial charge in [-0.05, 0) is 53.4 Å². The molecule has 0 aromatic carbocycles. The molecule has 1 aliphatic heterocycles. The predicted octanol–water partition coefficient (Wildman–Crippen LogP) is 0.621. The Hall–Kier alpha value is -2.85. The number of nitrogens with zero attached hydrogens (tertiary/aromatic N) is 1. The van der Waals surface area contributed by atoms with E-state index in [4.69, 9.17) is 4.74 Å². The molecule has 4 amide bonds. The zero-order valence-corrected chi connectivity index (χ0v) is 19.9. The number of hydrogen-bond acceptors (Lipinski definition) is 6. The van der Waals surface area contributed by atoms with Crippen LogP contribution in [0.5, 0.6) is 0 Å². The molecule has 0 aliphatic carbocycles. The molecule has 1 saturated heterocycles. The number of carboxylic acid groups (broad SMARTS) is 1. The molecule has 0 saturated carbocycles. The fraction of sp³-hybridized carbons (Fsp3) is 0.762. The lowest BCUT2D eigenvalue weighted by atomic mass is 10.0. The van der Waals surface area contributed by atoms with Crippen molar-refractivity contribution >= 4 is 29.8 Å². The molecule has 11 heteroatoms. The second-order valence-corrected chi connectivity index (χ2v) is 9.36. The summed E-state index contributed by atoms with van der Waals surface area (Å²) in [6.45, 7) is 11.7. The van der Waals surface area contributed by atoms with Gasteiger partial charge in [0.15, 0.2) is 0 Å². The highest BCUT2D eigenvalue weighted by atomic mass is 16.6. The van der Waals surface area contributed by atoms with Crippen LogP contribution in [0.15, 0.2) is 0 Å². The van der Waals surface area contributed by atoms with E-state index in [9.17, 15) is 29.1 Å². The van der Waals surface area contributed by atoms with Gasteiger partial charge < -0.3 is 30.7 Å². The second-order valence-electron chi connectivity index (χ2n) is 9.36. The minimum Gasteiger partial charge on any atom is -0.480 e. The zero-order valence-electron chi connectivity index (χ0n) is 19.9. The molecule has 4 atom stereocenters. The first-order valence-corrected chi connectivity index (χ1v) is 10.8. The lowest BCUT2D eigenvalue weighted by molar-refractivity contribution is -0.145. The van der Waals surface area contributed by atoms with Crippen LogP contribution in [0.1, 0.15) is 61.3 Å². The lowest BCUT2D eigenvalue weighted by Gasteiger charge is -2.29. The average Bonchev–Trinajstić information content (AvgIpc) is 3.12. The Bertz CT molecular complexity index is 732. The molecule has 32 heavy (non-hydrogen) atoms. The molecule has 1 heterocycles. The highest BCUT2D eigenvalue weighted by molar-refractivity contribution is 5.94. The Morgan fingerprint density at radius 3 is 2.06 bits per heavy atom. The van der Waals surface area contributed by atoms with Gasteiger partial charge >= 0.3 is 12.1 Å². The molecule has 11 nitrogen and oxygen atoms in total. The van der Waals surface area contributed by atoms with Crippen molar-refractivity contribution in [1.82, 2.24) is 20.9 Å². The van der Waals surface area contributed by atoms with Crippen LogP contribution in [0, 0.1) is 5.92 Å². The second kappa shape index (κ2) is 11.1. The molecule has 0 bridgehead atoms. The van der Waals surface area contributed by atoms with Crippen LogP contribution in [-0.2, 0) is 23.9 Å². The fourth-order valence-electron chi connectivity index (χ4n) is 3.26. The van der Waals surface area contributed by atoms with Crippen molar-refractivity contribution in [2.75, 3.05) is 6.54 Å². The van der Waals surface area contributed by atoms with Crippen LogP contribution in [0.4, 0.5) is 4.79 Å².